The van der Waals surface area contributed by atoms with E-state index >= 15 is 0 Å². The Morgan fingerprint density at radius 2 is 1.93 bits per heavy atom. The quantitative estimate of drug-likeness (QED) is 0.500. The number of carbonyl (C=O) groups excluding carboxylic acids is 1. The molecule has 0 bridgehead atoms. The van der Waals surface area contributed by atoms with Crippen molar-refractivity contribution >= 4 is 11.9 Å². The molecule has 0 spiro atoms. The monoisotopic (exact) mass is 386 g/mol. The molecule has 0 saturated carbocycles. The predicted octanol–water partition coefficient (Wildman–Crippen LogP) is 4.17. The lowest BCUT2D eigenvalue weighted by atomic mass is 10.2. The lowest BCUT2D eigenvalue weighted by molar-refractivity contribution is -0.115. The number of anilines is 1. The molecule has 0 aliphatic carbocycles. The molecule has 2 heterocycles. The van der Waals surface area contributed by atoms with Gasteiger partial charge in [-0.05, 0) is 36.8 Å². The first-order chi connectivity index (χ1) is 14.2. The van der Waals surface area contributed by atoms with E-state index in [2.05, 4.69) is 21.7 Å². The van der Waals surface area contributed by atoms with Gasteiger partial charge in [-0.15, -0.1) is 0 Å². The molecular formula is C23H22N4O2. The fourth-order valence-corrected chi connectivity index (χ4v) is 3.07. The average Bonchev–Trinajstić information content (AvgIpc) is 3.39. The van der Waals surface area contributed by atoms with Crippen molar-refractivity contribution in [3.8, 4) is 16.9 Å². The molecule has 0 unspecified atom stereocenters. The van der Waals surface area contributed by atoms with Crippen LogP contribution in [0.1, 0.15) is 11.3 Å². The Kier molecular flexibility index (Phi) is 5.54. The van der Waals surface area contributed by atoms with Gasteiger partial charge < -0.3 is 9.73 Å². The molecule has 4 rings (SSSR count). The maximum atomic E-state index is 12.5. The first-order valence-corrected chi connectivity index (χ1v) is 9.44. The molecule has 1 amide bonds. The zero-order chi connectivity index (χ0) is 20.1. The Morgan fingerprint density at radius 3 is 2.69 bits per heavy atom. The molecular weight excluding hydrogens is 364 g/mol. The molecule has 0 aliphatic rings. The van der Waals surface area contributed by atoms with E-state index in [1.807, 2.05) is 78.4 Å². The van der Waals surface area contributed by atoms with E-state index < -0.39 is 0 Å². The summed E-state index contributed by atoms with van der Waals surface area (Å²) in [6, 6.07) is 21.7. The Morgan fingerprint density at radius 1 is 1.07 bits per heavy atom. The lowest BCUT2D eigenvalue weighted by Gasteiger charge is -2.10. The van der Waals surface area contributed by atoms with Gasteiger partial charge in [-0.3, -0.25) is 14.7 Å². The normalized spacial score (nSPS) is 10.8. The number of nitrogens with zero attached hydrogens (tertiary/aromatic N) is 2. The average molecular weight is 386 g/mol. The second-order valence-corrected chi connectivity index (χ2v) is 6.76. The highest BCUT2D eigenvalue weighted by Gasteiger charge is 2.14. The number of furan rings is 1. The smallest absolute Gasteiger partial charge is 0.240 e. The number of aromatic nitrogens is 2. The van der Waals surface area contributed by atoms with E-state index in [1.165, 1.54) is 0 Å². The van der Waals surface area contributed by atoms with Gasteiger partial charge in [-0.1, -0.05) is 42.5 Å². The van der Waals surface area contributed by atoms with Crippen LogP contribution in [0.2, 0.25) is 0 Å². The van der Waals surface area contributed by atoms with Crippen LogP contribution in [0, 0.1) is 6.92 Å². The number of amides is 1. The molecule has 2 aromatic heterocycles. The number of hydrogen-bond donors (Lipinski definition) is 2. The van der Waals surface area contributed by atoms with Crippen LogP contribution < -0.4 is 10.6 Å². The summed E-state index contributed by atoms with van der Waals surface area (Å²) in [5.41, 5.74) is 3.87. The van der Waals surface area contributed by atoms with E-state index in [-0.39, 0.29) is 12.5 Å². The molecule has 6 heteroatoms. The second kappa shape index (κ2) is 8.58. The summed E-state index contributed by atoms with van der Waals surface area (Å²) in [5, 5.41) is 5.99. The van der Waals surface area contributed by atoms with E-state index in [4.69, 9.17) is 4.42 Å². The van der Waals surface area contributed by atoms with Crippen molar-refractivity contribution in [1.82, 2.24) is 14.9 Å². The first-order valence-electron chi connectivity index (χ1n) is 9.44. The topological polar surface area (TPSA) is 72.1 Å². The molecule has 0 aliphatic heterocycles. The number of aryl methyl sites for hydroxylation is 1. The molecule has 2 aromatic carbocycles. The van der Waals surface area contributed by atoms with E-state index in [1.54, 1.807) is 6.26 Å². The predicted molar refractivity (Wildman–Crippen MR) is 113 cm³/mol. The third kappa shape index (κ3) is 4.62. The van der Waals surface area contributed by atoms with Crippen LogP contribution in [0.3, 0.4) is 0 Å². The van der Waals surface area contributed by atoms with Gasteiger partial charge in [0.1, 0.15) is 5.76 Å². The number of hydrogen-bond acceptors (Lipinski definition) is 4. The standard InChI is InChI=1S/C23H22N4O2/c1-17-7-5-10-19(13-17)27-16-21(18-8-3-2-4-9-18)25-23(27)26-22(28)15-24-14-20-11-6-12-29-20/h2-13,16,24H,14-15H2,1H3,(H,25,26,28). The molecule has 6 nitrogen and oxygen atoms in total. The number of rotatable bonds is 7. The number of nitrogens with one attached hydrogen (secondary N) is 2. The zero-order valence-electron chi connectivity index (χ0n) is 16.1. The zero-order valence-corrected chi connectivity index (χ0v) is 16.1. The molecule has 0 atom stereocenters. The molecule has 0 fully saturated rings. The van der Waals surface area contributed by atoms with Gasteiger partial charge in [-0.2, -0.15) is 0 Å². The molecule has 146 valence electrons. The maximum Gasteiger partial charge on any atom is 0.240 e. The van der Waals surface area contributed by atoms with Gasteiger partial charge in [-0.25, -0.2) is 4.98 Å². The fourth-order valence-electron chi connectivity index (χ4n) is 3.07. The van der Waals surface area contributed by atoms with Crippen LogP contribution >= 0.6 is 0 Å². The lowest BCUT2D eigenvalue weighted by Crippen LogP contribution is -2.28. The molecule has 4 aromatic rings. The van der Waals surface area contributed by atoms with E-state index in [0.29, 0.717) is 12.5 Å². The molecule has 29 heavy (non-hydrogen) atoms. The van der Waals surface area contributed by atoms with Crippen molar-refractivity contribution in [2.45, 2.75) is 13.5 Å². The Labute approximate surface area is 169 Å². The Bertz CT molecular complexity index is 1090. The van der Waals surface area contributed by atoms with Gasteiger partial charge in [0.25, 0.3) is 0 Å². The molecule has 2 N–H and O–H groups in total. The van der Waals surface area contributed by atoms with Gasteiger partial charge in [0, 0.05) is 17.4 Å². The van der Waals surface area contributed by atoms with Crippen LogP contribution in [-0.4, -0.2) is 22.0 Å². The highest BCUT2D eigenvalue weighted by molar-refractivity contribution is 5.91. The summed E-state index contributed by atoms with van der Waals surface area (Å²) in [6.45, 7) is 2.68. The summed E-state index contributed by atoms with van der Waals surface area (Å²) in [6.07, 6.45) is 3.55. The van der Waals surface area contributed by atoms with E-state index in [0.717, 1.165) is 28.3 Å². The SMILES string of the molecule is Cc1cccc(-n2cc(-c3ccccc3)nc2NC(=O)CNCc2ccco2)c1. The third-order valence-corrected chi connectivity index (χ3v) is 4.47. The summed E-state index contributed by atoms with van der Waals surface area (Å²) >= 11 is 0. The van der Waals surface area contributed by atoms with Crippen molar-refractivity contribution in [3.05, 3.63) is 90.5 Å². The largest absolute Gasteiger partial charge is 0.468 e. The maximum absolute atomic E-state index is 12.5. The van der Waals surface area contributed by atoms with Crippen molar-refractivity contribution in [2.24, 2.45) is 0 Å². The summed E-state index contributed by atoms with van der Waals surface area (Å²) in [7, 11) is 0. The summed E-state index contributed by atoms with van der Waals surface area (Å²) in [4.78, 5) is 17.1. The summed E-state index contributed by atoms with van der Waals surface area (Å²) in [5.74, 6) is 1.10. The molecule has 0 saturated heterocycles. The highest BCUT2D eigenvalue weighted by Crippen LogP contribution is 2.24. The van der Waals surface area contributed by atoms with Crippen molar-refractivity contribution in [1.29, 1.82) is 0 Å². The minimum atomic E-state index is -0.171. The third-order valence-electron chi connectivity index (χ3n) is 4.47. The van der Waals surface area contributed by atoms with Gasteiger partial charge >= 0.3 is 0 Å². The Hall–Kier alpha value is -3.64. The number of imidazole rings is 1. The molecule has 0 radical (unpaired) electrons. The minimum absolute atomic E-state index is 0.155. The first kappa shape index (κ1) is 18.7. The van der Waals surface area contributed by atoms with Crippen LogP contribution in [0.5, 0.6) is 0 Å². The van der Waals surface area contributed by atoms with E-state index in [9.17, 15) is 4.79 Å². The fraction of sp³-hybridized carbons (Fsp3) is 0.130. The van der Waals surface area contributed by atoms with Crippen molar-refractivity contribution < 1.29 is 9.21 Å². The number of carbonyl (C=O) groups is 1. The van der Waals surface area contributed by atoms with Gasteiger partial charge in [0.05, 0.1) is 25.0 Å². The van der Waals surface area contributed by atoms with Crippen molar-refractivity contribution in [3.63, 3.8) is 0 Å². The number of benzene rings is 2. The van der Waals surface area contributed by atoms with Crippen LogP contribution in [0.15, 0.2) is 83.6 Å². The van der Waals surface area contributed by atoms with Crippen LogP contribution in [-0.2, 0) is 11.3 Å². The highest BCUT2D eigenvalue weighted by atomic mass is 16.3. The summed E-state index contributed by atoms with van der Waals surface area (Å²) < 4.78 is 7.17. The van der Waals surface area contributed by atoms with Crippen LogP contribution in [0.25, 0.3) is 16.9 Å². The van der Waals surface area contributed by atoms with Crippen LogP contribution in [0.4, 0.5) is 5.95 Å². The minimum Gasteiger partial charge on any atom is -0.468 e. The van der Waals surface area contributed by atoms with Gasteiger partial charge in [0.2, 0.25) is 11.9 Å². The van der Waals surface area contributed by atoms with Crippen molar-refractivity contribution in [2.75, 3.05) is 11.9 Å². The van der Waals surface area contributed by atoms with Gasteiger partial charge in [0.15, 0.2) is 0 Å². The Balaban J connectivity index is 1.55. The second-order valence-electron chi connectivity index (χ2n) is 6.76.